The molecule has 3 fully saturated rings. The van der Waals surface area contributed by atoms with E-state index < -0.39 is 41.3 Å². The Morgan fingerprint density at radius 1 is 1.10 bits per heavy atom. The molecule has 0 spiro atoms. The minimum atomic E-state index is -1.26. The number of carboxylic acid groups (broad SMARTS) is 1. The quantitative estimate of drug-likeness (QED) is 0.502. The number of carbonyl (C=O) groups is 3. The Kier molecular flexibility index (Phi) is 7.54. The van der Waals surface area contributed by atoms with Gasteiger partial charge in [-0.2, -0.15) is 0 Å². The van der Waals surface area contributed by atoms with E-state index in [9.17, 15) is 19.5 Å². The fourth-order valence-electron chi connectivity index (χ4n) is 5.70. The van der Waals surface area contributed by atoms with Gasteiger partial charge in [-0.3, -0.25) is 14.7 Å². The van der Waals surface area contributed by atoms with Crippen LogP contribution in [-0.4, -0.2) is 69.9 Å². The number of aromatic nitrogens is 1. The molecule has 2 N–H and O–H groups in total. The van der Waals surface area contributed by atoms with Crippen molar-refractivity contribution >= 4 is 28.9 Å². The fraction of sp³-hybridized carbons (Fsp3) is 0.600. The molecule has 10 heteroatoms. The maximum Gasteiger partial charge on any atom is 0.411 e. The number of likely N-dealkylation sites (tertiary alicyclic amines) is 1. The van der Waals surface area contributed by atoms with Gasteiger partial charge in [0.15, 0.2) is 0 Å². The molecule has 2 amide bonds. The van der Waals surface area contributed by atoms with Crippen LogP contribution in [0.3, 0.4) is 0 Å². The molecule has 1 aromatic heterocycles. The van der Waals surface area contributed by atoms with Crippen molar-refractivity contribution in [3.05, 3.63) is 30.0 Å². The minimum absolute atomic E-state index is 0.131. The zero-order valence-corrected chi connectivity index (χ0v) is 23.7. The molecular weight excluding hydrogens is 514 g/mol. The normalized spacial score (nSPS) is 22.6. The molecule has 2 saturated carbocycles. The van der Waals surface area contributed by atoms with Crippen molar-refractivity contribution in [2.75, 3.05) is 13.7 Å². The van der Waals surface area contributed by atoms with Crippen LogP contribution in [0.4, 0.5) is 4.79 Å². The summed E-state index contributed by atoms with van der Waals surface area (Å²) in [5.41, 5.74) is -0.273. The summed E-state index contributed by atoms with van der Waals surface area (Å²) in [6, 6.07) is 6.75. The van der Waals surface area contributed by atoms with E-state index >= 15 is 0 Å². The second-order valence-corrected chi connectivity index (χ2v) is 12.3. The molecule has 2 atom stereocenters. The maximum atomic E-state index is 13.3. The lowest BCUT2D eigenvalue weighted by atomic mass is 9.86. The van der Waals surface area contributed by atoms with E-state index in [1.807, 2.05) is 24.3 Å². The number of benzene rings is 1. The number of hydrogen-bond acceptors (Lipinski definition) is 7. The monoisotopic (exact) mass is 553 g/mol. The van der Waals surface area contributed by atoms with Gasteiger partial charge in [-0.1, -0.05) is 19.3 Å². The molecule has 2 aromatic rings. The number of fused-ring (bicyclic) bond motifs is 1. The number of pyridine rings is 1. The van der Waals surface area contributed by atoms with Crippen LogP contribution in [0.25, 0.3) is 10.9 Å². The standard InChI is InChI=1S/C30H39N3O7/c1-29(2,3)40-28(37)33-17-20(15-24(33)26(34)32-30(12-13-30)27(35)36)39-25-16-22(18-8-6-5-7-9-18)31-23-14-19(38-4)10-11-21(23)25/h10-11,14,16,18,20,24H,5-9,12-13,15,17H2,1-4H3,(H,32,34)(H,35,36)/t20-,24?/m1/s1. The van der Waals surface area contributed by atoms with E-state index in [0.29, 0.717) is 30.3 Å². The molecule has 0 radical (unpaired) electrons. The number of amides is 2. The lowest BCUT2D eigenvalue weighted by Gasteiger charge is -2.28. The van der Waals surface area contributed by atoms with Crippen molar-refractivity contribution in [2.45, 2.75) is 101 Å². The van der Waals surface area contributed by atoms with Gasteiger partial charge in [-0.25, -0.2) is 9.59 Å². The number of methoxy groups -OCH3 is 1. The van der Waals surface area contributed by atoms with Gasteiger partial charge in [-0.05, 0) is 58.6 Å². The third-order valence-corrected chi connectivity index (χ3v) is 8.03. The summed E-state index contributed by atoms with van der Waals surface area (Å²) in [7, 11) is 1.62. The Morgan fingerprint density at radius 3 is 2.45 bits per heavy atom. The number of rotatable bonds is 7. The van der Waals surface area contributed by atoms with E-state index in [4.69, 9.17) is 19.2 Å². The molecule has 10 nitrogen and oxygen atoms in total. The van der Waals surface area contributed by atoms with Crippen LogP contribution in [0.15, 0.2) is 24.3 Å². The molecule has 1 aliphatic heterocycles. The van der Waals surface area contributed by atoms with Crippen LogP contribution >= 0.6 is 0 Å². The average Bonchev–Trinajstić information content (AvgIpc) is 3.58. The summed E-state index contributed by atoms with van der Waals surface area (Å²) in [6.07, 6.45) is 5.52. The summed E-state index contributed by atoms with van der Waals surface area (Å²) in [5, 5.41) is 13.1. The Labute approximate surface area is 234 Å². The number of hydrogen-bond donors (Lipinski definition) is 2. The first-order valence-corrected chi connectivity index (χ1v) is 14.2. The van der Waals surface area contributed by atoms with Gasteiger partial charge in [0.25, 0.3) is 0 Å². The summed E-state index contributed by atoms with van der Waals surface area (Å²) >= 11 is 0. The number of carboxylic acids is 1. The lowest BCUT2D eigenvalue weighted by Crippen LogP contribution is -2.52. The molecule has 0 bridgehead atoms. The number of carbonyl (C=O) groups excluding carboxylic acids is 2. The van der Waals surface area contributed by atoms with Gasteiger partial charge in [0.2, 0.25) is 5.91 Å². The molecule has 40 heavy (non-hydrogen) atoms. The van der Waals surface area contributed by atoms with Gasteiger partial charge in [0, 0.05) is 35.6 Å². The van der Waals surface area contributed by atoms with E-state index in [1.54, 1.807) is 27.9 Å². The fourth-order valence-corrected chi connectivity index (χ4v) is 5.70. The number of aliphatic carboxylic acids is 1. The van der Waals surface area contributed by atoms with Gasteiger partial charge in [0.1, 0.15) is 34.8 Å². The second kappa shape index (κ2) is 10.8. The smallest absolute Gasteiger partial charge is 0.411 e. The topological polar surface area (TPSA) is 127 Å². The Hall–Kier alpha value is -3.56. The highest BCUT2D eigenvalue weighted by atomic mass is 16.6. The molecule has 1 aromatic carbocycles. The maximum absolute atomic E-state index is 13.3. The van der Waals surface area contributed by atoms with Crippen molar-refractivity contribution < 1.29 is 33.7 Å². The molecule has 216 valence electrons. The van der Waals surface area contributed by atoms with Crippen LogP contribution in [-0.2, 0) is 14.3 Å². The molecule has 1 unspecified atom stereocenters. The summed E-state index contributed by atoms with van der Waals surface area (Å²) in [4.78, 5) is 44.5. The lowest BCUT2D eigenvalue weighted by molar-refractivity contribution is -0.143. The zero-order chi connectivity index (χ0) is 28.7. The summed E-state index contributed by atoms with van der Waals surface area (Å²) in [6.45, 7) is 5.42. The van der Waals surface area contributed by atoms with Crippen LogP contribution in [0.2, 0.25) is 0 Å². The predicted molar refractivity (Wildman–Crippen MR) is 148 cm³/mol. The molecule has 3 aliphatic rings. The van der Waals surface area contributed by atoms with Crippen molar-refractivity contribution in [3.63, 3.8) is 0 Å². The van der Waals surface area contributed by atoms with E-state index in [1.165, 1.54) is 24.2 Å². The molecule has 2 aliphatic carbocycles. The average molecular weight is 554 g/mol. The second-order valence-electron chi connectivity index (χ2n) is 12.3. The first kappa shape index (κ1) is 28.0. The van der Waals surface area contributed by atoms with Gasteiger partial charge in [0.05, 0.1) is 19.2 Å². The van der Waals surface area contributed by atoms with E-state index in [2.05, 4.69) is 5.32 Å². The first-order chi connectivity index (χ1) is 19.0. The van der Waals surface area contributed by atoms with Crippen molar-refractivity contribution in [3.8, 4) is 11.5 Å². The molecule has 1 saturated heterocycles. The van der Waals surface area contributed by atoms with Crippen molar-refractivity contribution in [1.82, 2.24) is 15.2 Å². The van der Waals surface area contributed by atoms with Gasteiger partial charge in [-0.15, -0.1) is 0 Å². The van der Waals surface area contributed by atoms with Crippen LogP contribution in [0.1, 0.15) is 83.7 Å². The first-order valence-electron chi connectivity index (χ1n) is 14.2. The van der Waals surface area contributed by atoms with E-state index in [-0.39, 0.29) is 13.0 Å². The van der Waals surface area contributed by atoms with Gasteiger partial charge < -0.3 is 24.6 Å². The Bertz CT molecular complexity index is 1290. The van der Waals surface area contributed by atoms with Crippen LogP contribution < -0.4 is 14.8 Å². The number of nitrogens with zero attached hydrogens (tertiary/aromatic N) is 2. The number of ether oxygens (including phenoxy) is 3. The largest absolute Gasteiger partial charge is 0.497 e. The SMILES string of the molecule is COc1ccc2c(O[C@@H]3CC(C(=O)NC4(C(=O)O)CC4)N(C(=O)OC(C)(C)C)C3)cc(C3CCCCC3)nc2c1. The molecular formula is C30H39N3O7. The van der Waals surface area contributed by atoms with Crippen LogP contribution in [0, 0.1) is 0 Å². The Balaban J connectivity index is 1.43. The minimum Gasteiger partial charge on any atom is -0.497 e. The number of nitrogens with one attached hydrogen (secondary N) is 1. The molecule has 2 heterocycles. The highest BCUT2D eigenvalue weighted by molar-refractivity contribution is 5.93. The zero-order valence-electron chi connectivity index (χ0n) is 23.7. The summed E-state index contributed by atoms with van der Waals surface area (Å²) < 4.78 is 17.6. The van der Waals surface area contributed by atoms with Crippen LogP contribution in [0.5, 0.6) is 11.5 Å². The van der Waals surface area contributed by atoms with Gasteiger partial charge >= 0.3 is 12.1 Å². The third-order valence-electron chi connectivity index (χ3n) is 8.03. The van der Waals surface area contributed by atoms with Crippen molar-refractivity contribution in [2.24, 2.45) is 0 Å². The highest BCUT2D eigenvalue weighted by Crippen LogP contribution is 2.39. The van der Waals surface area contributed by atoms with Crippen molar-refractivity contribution in [1.29, 1.82) is 0 Å². The Morgan fingerprint density at radius 2 is 1.82 bits per heavy atom. The summed E-state index contributed by atoms with van der Waals surface area (Å²) in [5.74, 6) is 0.117. The third kappa shape index (κ3) is 5.95. The van der Waals surface area contributed by atoms with E-state index in [0.717, 1.165) is 29.4 Å². The molecule has 5 rings (SSSR count). The highest BCUT2D eigenvalue weighted by Gasteiger charge is 2.54. The predicted octanol–water partition coefficient (Wildman–Crippen LogP) is 4.78.